The maximum absolute atomic E-state index is 2.25. The minimum Gasteiger partial charge on any atom is -0.152 e. The van der Waals surface area contributed by atoms with E-state index in [1.165, 1.54) is 43.1 Å². The first kappa shape index (κ1) is 14.4. The van der Waals surface area contributed by atoms with Crippen LogP contribution in [-0.4, -0.2) is 0 Å². The van der Waals surface area contributed by atoms with Crippen molar-refractivity contribution < 1.29 is 0 Å². The summed E-state index contributed by atoms with van der Waals surface area (Å²) in [4.78, 5) is 0. The molecule has 0 spiro atoms. The molecule has 0 saturated heterocycles. The van der Waals surface area contributed by atoms with Crippen molar-refractivity contribution in [1.29, 1.82) is 0 Å². The van der Waals surface area contributed by atoms with Crippen LogP contribution in [0.25, 0.3) is 43.1 Å². The van der Waals surface area contributed by atoms with Crippen molar-refractivity contribution >= 4 is 54.4 Å². The third kappa shape index (κ3) is 2.28. The van der Waals surface area contributed by atoms with Crippen molar-refractivity contribution in [1.82, 2.24) is 0 Å². The van der Waals surface area contributed by atoms with E-state index >= 15 is 0 Å². The first-order chi connectivity index (χ1) is 12.4. The van der Waals surface area contributed by atoms with Gasteiger partial charge in [-0.1, -0.05) is 84.9 Å². The highest BCUT2D eigenvalue weighted by Gasteiger charge is 2.11. The van der Waals surface area contributed by atoms with Gasteiger partial charge in [0.2, 0.25) is 0 Å². The minimum absolute atomic E-state index is 1.33. The van der Waals surface area contributed by atoms with Crippen molar-refractivity contribution in [2.45, 2.75) is 0 Å². The molecule has 0 atom stereocenters. The van der Waals surface area contributed by atoms with Gasteiger partial charge in [-0.15, -0.1) is 0 Å². The average molecular weight is 336 g/mol. The van der Waals surface area contributed by atoms with Gasteiger partial charge in [-0.3, -0.25) is 0 Å². The zero-order chi connectivity index (χ0) is 16.6. The molecule has 6 rings (SSSR count). The summed E-state index contributed by atoms with van der Waals surface area (Å²) < 4.78 is 0. The Kier molecular flexibility index (Phi) is 3.39. The first-order valence-electron chi connectivity index (χ1n) is 8.45. The Morgan fingerprint density at radius 1 is 0.400 bits per heavy atom. The highest BCUT2D eigenvalue weighted by atomic mass is 32.1. The van der Waals surface area contributed by atoms with Gasteiger partial charge in [-0.05, 0) is 53.8 Å². The molecule has 0 aliphatic heterocycles. The lowest BCUT2D eigenvalue weighted by molar-refractivity contribution is 1.78. The van der Waals surface area contributed by atoms with E-state index < -0.39 is 0 Å². The van der Waals surface area contributed by atoms with Crippen LogP contribution in [-0.2, 0) is 0 Å². The Hall–Kier alpha value is -2.90. The summed E-state index contributed by atoms with van der Waals surface area (Å²) in [6.45, 7) is 0. The Labute approximate surface area is 150 Å². The lowest BCUT2D eigenvalue weighted by Crippen LogP contribution is -1.85. The Bertz CT molecular complexity index is 1090. The molecular formula is C24H16S. The number of hydrogen-bond donors (Lipinski definition) is 0. The molecule has 0 radical (unpaired) electrons. The molecule has 0 saturated carbocycles. The largest absolute Gasteiger partial charge is 0.152 e. The molecule has 1 heterocycles. The van der Waals surface area contributed by atoms with Crippen molar-refractivity contribution in [2.75, 3.05) is 0 Å². The molecule has 0 amide bonds. The molecule has 0 nitrogen and oxygen atoms in total. The van der Waals surface area contributed by atoms with Crippen molar-refractivity contribution in [3.63, 3.8) is 0 Å². The third-order valence-electron chi connectivity index (χ3n) is 4.82. The predicted molar refractivity (Wildman–Crippen MR) is 112 cm³/mol. The summed E-state index contributed by atoms with van der Waals surface area (Å²) in [5, 5.41) is 15.0. The summed E-state index contributed by atoms with van der Waals surface area (Å²) >= 11 is 1.71. The van der Waals surface area contributed by atoms with E-state index in [0.29, 0.717) is 0 Å². The van der Waals surface area contributed by atoms with Gasteiger partial charge in [0, 0.05) is 0 Å². The van der Waals surface area contributed by atoms with E-state index in [4.69, 9.17) is 0 Å². The van der Waals surface area contributed by atoms with E-state index in [9.17, 15) is 0 Å². The summed E-state index contributed by atoms with van der Waals surface area (Å²) in [6, 6.07) is 30.5. The number of fused-ring (bicyclic) bond motifs is 2. The average Bonchev–Trinajstić information content (AvgIpc) is 3.26. The summed E-state index contributed by atoms with van der Waals surface area (Å²) in [5.41, 5.74) is 0. The highest BCUT2D eigenvalue weighted by Crippen LogP contribution is 2.39. The van der Waals surface area contributed by atoms with Gasteiger partial charge >= 0.3 is 0 Å². The van der Waals surface area contributed by atoms with E-state index in [2.05, 4.69) is 72.8 Å². The van der Waals surface area contributed by atoms with Crippen LogP contribution in [0.3, 0.4) is 0 Å². The van der Waals surface area contributed by atoms with Gasteiger partial charge in [0.1, 0.15) is 0 Å². The number of hydrogen-bond acceptors (Lipinski definition) is 1. The van der Waals surface area contributed by atoms with Crippen LogP contribution in [0.1, 0.15) is 0 Å². The summed E-state index contributed by atoms with van der Waals surface area (Å²) in [6.07, 6.45) is 0. The maximum atomic E-state index is 2.25. The number of benzene rings is 5. The standard InChI is InChI=1S/C20H12.C4H4S/c1-5-13-6-2-11-17-18-12-4-8-14-7-3-10-16(20(14)18)15(9-1)19(13)17;1-2-4-5-3-1/h1-12H;1-4H. The molecule has 0 fully saturated rings. The SMILES string of the molecule is c1cc2cccc3c4cccc5cccc(c(c1)c23)c54.c1ccsc1. The molecule has 0 bridgehead atoms. The second-order valence-corrected chi connectivity index (χ2v) is 7.03. The van der Waals surface area contributed by atoms with Crippen LogP contribution in [0.4, 0.5) is 0 Å². The smallest absolute Gasteiger partial charge is 0.00264 e. The van der Waals surface area contributed by atoms with Gasteiger partial charge in [-0.2, -0.15) is 11.3 Å². The molecule has 118 valence electrons. The summed E-state index contributed by atoms with van der Waals surface area (Å²) in [5.74, 6) is 0. The van der Waals surface area contributed by atoms with Crippen molar-refractivity contribution in [3.05, 3.63) is 95.7 Å². The van der Waals surface area contributed by atoms with Crippen LogP contribution in [0, 0.1) is 0 Å². The fourth-order valence-corrected chi connectivity index (χ4v) is 4.26. The Balaban J connectivity index is 0.000000244. The molecular weight excluding hydrogens is 320 g/mol. The second kappa shape index (κ2) is 5.87. The van der Waals surface area contributed by atoms with Gasteiger partial charge < -0.3 is 0 Å². The predicted octanol–water partition coefficient (Wildman–Crippen LogP) is 7.49. The monoisotopic (exact) mass is 336 g/mol. The van der Waals surface area contributed by atoms with Crippen LogP contribution < -0.4 is 0 Å². The number of thiophene rings is 1. The lowest BCUT2D eigenvalue weighted by Gasteiger charge is -2.13. The first-order valence-corrected chi connectivity index (χ1v) is 9.39. The highest BCUT2D eigenvalue weighted by molar-refractivity contribution is 7.07. The fourth-order valence-electron chi connectivity index (χ4n) is 3.81. The van der Waals surface area contributed by atoms with Gasteiger partial charge in [-0.25, -0.2) is 0 Å². The molecule has 1 heteroatoms. The minimum atomic E-state index is 1.33. The van der Waals surface area contributed by atoms with Gasteiger partial charge in [0.05, 0.1) is 0 Å². The molecule has 25 heavy (non-hydrogen) atoms. The molecule has 0 N–H and O–H groups in total. The molecule has 0 aliphatic carbocycles. The molecule has 5 aromatic carbocycles. The number of rotatable bonds is 0. The normalized spacial score (nSPS) is 11.2. The van der Waals surface area contributed by atoms with E-state index in [1.807, 2.05) is 22.9 Å². The zero-order valence-electron chi connectivity index (χ0n) is 13.6. The third-order valence-corrected chi connectivity index (χ3v) is 5.44. The van der Waals surface area contributed by atoms with E-state index in [0.717, 1.165) is 0 Å². The van der Waals surface area contributed by atoms with Crippen LogP contribution in [0.2, 0.25) is 0 Å². The van der Waals surface area contributed by atoms with Crippen LogP contribution in [0.5, 0.6) is 0 Å². The molecule has 0 aliphatic rings. The van der Waals surface area contributed by atoms with Crippen molar-refractivity contribution in [2.24, 2.45) is 0 Å². The Morgan fingerprint density at radius 3 is 1.04 bits per heavy atom. The van der Waals surface area contributed by atoms with Crippen LogP contribution in [0.15, 0.2) is 95.7 Å². The zero-order valence-corrected chi connectivity index (χ0v) is 14.5. The molecule has 6 aromatic rings. The lowest BCUT2D eigenvalue weighted by atomic mass is 9.90. The molecule has 1 aromatic heterocycles. The topological polar surface area (TPSA) is 0 Å². The summed E-state index contributed by atoms with van der Waals surface area (Å²) in [7, 11) is 0. The van der Waals surface area contributed by atoms with Crippen LogP contribution >= 0.6 is 11.3 Å². The van der Waals surface area contributed by atoms with E-state index in [-0.39, 0.29) is 0 Å². The van der Waals surface area contributed by atoms with Gasteiger partial charge in [0.15, 0.2) is 0 Å². The second-order valence-electron chi connectivity index (χ2n) is 6.21. The molecule has 0 unspecified atom stereocenters. The van der Waals surface area contributed by atoms with Crippen molar-refractivity contribution in [3.8, 4) is 0 Å². The quantitative estimate of drug-likeness (QED) is 0.199. The Morgan fingerprint density at radius 2 is 0.760 bits per heavy atom. The van der Waals surface area contributed by atoms with Gasteiger partial charge in [0.25, 0.3) is 0 Å². The fraction of sp³-hybridized carbons (Fsp3) is 0. The van der Waals surface area contributed by atoms with E-state index in [1.54, 1.807) is 11.3 Å². The maximum Gasteiger partial charge on any atom is -0.00264 e.